The lowest BCUT2D eigenvalue weighted by molar-refractivity contribution is -0.121. The van der Waals surface area contributed by atoms with Crippen LogP contribution in [0, 0.1) is 0 Å². The van der Waals surface area contributed by atoms with Crippen molar-refractivity contribution in [1.29, 1.82) is 0 Å². The average Bonchev–Trinajstić information content (AvgIpc) is 2.74. The highest BCUT2D eigenvalue weighted by molar-refractivity contribution is 7.11. The zero-order chi connectivity index (χ0) is 12.0. The third-order valence-corrected chi connectivity index (χ3v) is 3.46. The van der Waals surface area contributed by atoms with Crippen molar-refractivity contribution >= 4 is 17.2 Å². The predicted octanol–water partition coefficient (Wildman–Crippen LogP) is 1.32. The Kier molecular flexibility index (Phi) is 5.42. The van der Waals surface area contributed by atoms with Gasteiger partial charge in [0.25, 0.3) is 0 Å². The highest BCUT2D eigenvalue weighted by Gasteiger charge is 2.08. The van der Waals surface area contributed by atoms with Gasteiger partial charge in [-0.3, -0.25) is 4.79 Å². The Bertz CT molecular complexity index is 338. The van der Waals surface area contributed by atoms with Gasteiger partial charge >= 0.3 is 0 Å². The van der Waals surface area contributed by atoms with E-state index in [1.807, 2.05) is 13.1 Å². The van der Waals surface area contributed by atoms with Crippen LogP contribution in [0.3, 0.4) is 0 Å². The number of nitrogens with one attached hydrogen (secondary N) is 2. The maximum atomic E-state index is 11.1. The second-order valence-corrected chi connectivity index (χ2v) is 4.93. The average molecular weight is 241 g/mol. The molecule has 0 bridgehead atoms. The lowest BCUT2D eigenvalue weighted by Gasteiger charge is -2.11. The number of hydrogen-bond donors (Lipinski definition) is 2. The zero-order valence-corrected chi connectivity index (χ0v) is 10.9. The van der Waals surface area contributed by atoms with Gasteiger partial charge < -0.3 is 10.6 Å². The van der Waals surface area contributed by atoms with Gasteiger partial charge in [0.1, 0.15) is 5.01 Å². The molecule has 1 atom stereocenters. The molecule has 0 spiro atoms. The molecule has 1 aromatic rings. The van der Waals surface area contributed by atoms with Crippen LogP contribution in [0.4, 0.5) is 0 Å². The molecule has 0 fully saturated rings. The fraction of sp³-hybridized carbons (Fsp3) is 0.636. The quantitative estimate of drug-likeness (QED) is 0.790. The molecule has 0 saturated heterocycles. The second kappa shape index (κ2) is 6.60. The third kappa shape index (κ3) is 4.28. The molecule has 16 heavy (non-hydrogen) atoms. The Morgan fingerprint density at radius 1 is 1.62 bits per heavy atom. The number of rotatable bonds is 6. The van der Waals surface area contributed by atoms with Crippen molar-refractivity contribution in [2.24, 2.45) is 0 Å². The summed E-state index contributed by atoms with van der Waals surface area (Å²) >= 11 is 1.73. The van der Waals surface area contributed by atoms with Crippen molar-refractivity contribution < 1.29 is 4.79 Å². The first kappa shape index (κ1) is 13.1. The van der Waals surface area contributed by atoms with Crippen LogP contribution in [0.15, 0.2) is 6.20 Å². The second-order valence-electron chi connectivity index (χ2n) is 3.73. The van der Waals surface area contributed by atoms with E-state index in [4.69, 9.17) is 0 Å². The number of thiazole rings is 1. The van der Waals surface area contributed by atoms with Gasteiger partial charge in [0.05, 0.1) is 0 Å². The van der Waals surface area contributed by atoms with E-state index in [0.29, 0.717) is 6.42 Å². The Hall–Kier alpha value is -0.940. The SMILES string of the molecule is CCc1cnc(CNC(C)CC(=O)NC)s1. The number of aromatic nitrogens is 1. The first-order chi connectivity index (χ1) is 7.65. The molecule has 1 unspecified atom stereocenters. The van der Waals surface area contributed by atoms with E-state index in [9.17, 15) is 4.79 Å². The molecule has 4 nitrogen and oxygen atoms in total. The maximum Gasteiger partial charge on any atom is 0.221 e. The number of hydrogen-bond acceptors (Lipinski definition) is 4. The van der Waals surface area contributed by atoms with Crippen molar-refractivity contribution in [2.45, 2.75) is 39.3 Å². The molecular weight excluding hydrogens is 222 g/mol. The first-order valence-corrected chi connectivity index (χ1v) is 6.34. The lowest BCUT2D eigenvalue weighted by Crippen LogP contribution is -2.31. The Balaban J connectivity index is 2.31. The summed E-state index contributed by atoms with van der Waals surface area (Å²) in [5.41, 5.74) is 0. The van der Waals surface area contributed by atoms with Gasteiger partial charge in [-0.1, -0.05) is 6.92 Å². The van der Waals surface area contributed by atoms with Crippen LogP contribution in [-0.4, -0.2) is 24.0 Å². The van der Waals surface area contributed by atoms with Gasteiger partial charge in [0.2, 0.25) is 5.91 Å². The molecule has 1 aromatic heterocycles. The zero-order valence-electron chi connectivity index (χ0n) is 10.0. The number of nitrogens with zero attached hydrogens (tertiary/aromatic N) is 1. The summed E-state index contributed by atoms with van der Waals surface area (Å²) in [4.78, 5) is 16.7. The molecular formula is C11H19N3OS. The van der Waals surface area contributed by atoms with Gasteiger partial charge in [-0.25, -0.2) is 4.98 Å². The van der Waals surface area contributed by atoms with Gasteiger partial charge in [-0.2, -0.15) is 0 Å². The number of amides is 1. The Labute approximate surface area is 100 Å². The lowest BCUT2D eigenvalue weighted by atomic mass is 10.2. The topological polar surface area (TPSA) is 54.0 Å². The predicted molar refractivity (Wildman–Crippen MR) is 66.5 cm³/mol. The Morgan fingerprint density at radius 3 is 2.94 bits per heavy atom. The van der Waals surface area contributed by atoms with Crippen LogP contribution < -0.4 is 10.6 Å². The molecule has 2 N–H and O–H groups in total. The summed E-state index contributed by atoms with van der Waals surface area (Å²) in [6, 6.07) is 0.175. The van der Waals surface area contributed by atoms with Crippen molar-refractivity contribution in [3.8, 4) is 0 Å². The van der Waals surface area contributed by atoms with Crippen LogP contribution in [0.25, 0.3) is 0 Å². The normalized spacial score (nSPS) is 12.4. The van der Waals surface area contributed by atoms with Crippen molar-refractivity contribution in [2.75, 3.05) is 7.05 Å². The van der Waals surface area contributed by atoms with E-state index in [1.165, 1.54) is 4.88 Å². The summed E-state index contributed by atoms with van der Waals surface area (Å²) in [6.07, 6.45) is 3.46. The molecule has 1 amide bonds. The van der Waals surface area contributed by atoms with E-state index < -0.39 is 0 Å². The summed E-state index contributed by atoms with van der Waals surface area (Å²) < 4.78 is 0. The molecule has 0 saturated carbocycles. The molecule has 0 aliphatic rings. The molecule has 5 heteroatoms. The van der Waals surface area contributed by atoms with Gasteiger partial charge in [-0.05, 0) is 13.3 Å². The van der Waals surface area contributed by atoms with E-state index >= 15 is 0 Å². The largest absolute Gasteiger partial charge is 0.359 e. The maximum absolute atomic E-state index is 11.1. The van der Waals surface area contributed by atoms with Crippen LogP contribution in [0.2, 0.25) is 0 Å². The fourth-order valence-electron chi connectivity index (χ4n) is 1.31. The van der Waals surface area contributed by atoms with Gasteiger partial charge in [0, 0.05) is 37.1 Å². The molecule has 0 aliphatic heterocycles. The van der Waals surface area contributed by atoms with E-state index in [2.05, 4.69) is 22.5 Å². The van der Waals surface area contributed by atoms with Crippen LogP contribution in [-0.2, 0) is 17.8 Å². The van der Waals surface area contributed by atoms with E-state index in [0.717, 1.165) is 18.0 Å². The highest BCUT2D eigenvalue weighted by Crippen LogP contribution is 2.13. The summed E-state index contributed by atoms with van der Waals surface area (Å²) in [7, 11) is 1.66. The fourth-order valence-corrected chi connectivity index (χ4v) is 2.12. The van der Waals surface area contributed by atoms with Gasteiger partial charge in [0.15, 0.2) is 0 Å². The number of aryl methyl sites for hydroxylation is 1. The van der Waals surface area contributed by atoms with Crippen molar-refractivity contribution in [1.82, 2.24) is 15.6 Å². The third-order valence-electron chi connectivity index (χ3n) is 2.32. The van der Waals surface area contributed by atoms with Crippen LogP contribution in [0.1, 0.15) is 30.2 Å². The minimum absolute atomic E-state index is 0.0633. The minimum Gasteiger partial charge on any atom is -0.359 e. The smallest absolute Gasteiger partial charge is 0.221 e. The molecule has 0 radical (unpaired) electrons. The highest BCUT2D eigenvalue weighted by atomic mass is 32.1. The summed E-state index contributed by atoms with van der Waals surface area (Å²) in [5, 5.41) is 6.99. The van der Waals surface area contributed by atoms with Crippen molar-refractivity contribution in [3.63, 3.8) is 0 Å². The molecule has 0 aliphatic carbocycles. The summed E-state index contributed by atoms with van der Waals surface area (Å²) in [6.45, 7) is 4.87. The van der Waals surface area contributed by atoms with Crippen molar-refractivity contribution in [3.05, 3.63) is 16.1 Å². The van der Waals surface area contributed by atoms with Crippen LogP contribution in [0.5, 0.6) is 0 Å². The van der Waals surface area contributed by atoms with E-state index in [-0.39, 0.29) is 11.9 Å². The number of carbonyl (C=O) groups is 1. The number of carbonyl (C=O) groups excluding carboxylic acids is 1. The molecule has 90 valence electrons. The molecule has 1 rings (SSSR count). The first-order valence-electron chi connectivity index (χ1n) is 5.53. The monoisotopic (exact) mass is 241 g/mol. The Morgan fingerprint density at radius 2 is 2.38 bits per heavy atom. The van der Waals surface area contributed by atoms with Crippen LogP contribution >= 0.6 is 11.3 Å². The standard InChI is InChI=1S/C11H19N3OS/c1-4-9-6-14-11(16-9)7-13-8(2)5-10(15)12-3/h6,8,13H,4-5,7H2,1-3H3,(H,12,15). The molecule has 1 heterocycles. The summed E-state index contributed by atoms with van der Waals surface area (Å²) in [5.74, 6) is 0.0633. The van der Waals surface area contributed by atoms with Gasteiger partial charge in [-0.15, -0.1) is 11.3 Å². The molecule has 0 aromatic carbocycles. The minimum atomic E-state index is 0.0633. The van der Waals surface area contributed by atoms with E-state index in [1.54, 1.807) is 18.4 Å².